The van der Waals surface area contributed by atoms with Crippen molar-refractivity contribution in [1.29, 1.82) is 0 Å². The number of hydrogen-bond acceptors (Lipinski definition) is 4. The van der Waals surface area contributed by atoms with Gasteiger partial charge in [0.1, 0.15) is 11.1 Å². The molecule has 21 heavy (non-hydrogen) atoms. The number of carbonyl (C=O) groups excluding carboxylic acids is 1. The molecule has 2 rings (SSSR count). The number of para-hydroxylation sites is 1. The Morgan fingerprint density at radius 1 is 1.33 bits per heavy atom. The molecular weight excluding hydrogens is 291 g/mol. The molecule has 1 aromatic heterocycles. The predicted molar refractivity (Wildman–Crippen MR) is 66.9 cm³/mol. The van der Waals surface area contributed by atoms with Crippen LogP contribution in [0.1, 0.15) is 10.4 Å². The van der Waals surface area contributed by atoms with Crippen LogP contribution < -0.4 is 10.9 Å². The van der Waals surface area contributed by atoms with Crippen molar-refractivity contribution in [2.24, 2.45) is 0 Å². The summed E-state index contributed by atoms with van der Waals surface area (Å²) in [6, 6.07) is 7.60. The van der Waals surface area contributed by atoms with Crippen LogP contribution in [-0.2, 0) is 0 Å². The molecule has 8 heteroatoms. The Hall–Kier alpha value is -2.35. The summed E-state index contributed by atoms with van der Waals surface area (Å²) in [5.41, 5.74) is -1.13. The minimum Gasteiger partial charge on any atom is -0.422 e. The molecule has 1 aromatic carbocycles. The molecule has 112 valence electrons. The zero-order valence-corrected chi connectivity index (χ0v) is 10.5. The number of carbonyl (C=O) groups is 1. The van der Waals surface area contributed by atoms with Crippen LogP contribution in [0.4, 0.5) is 13.2 Å². The first kappa shape index (κ1) is 15.0. The van der Waals surface area contributed by atoms with Gasteiger partial charge in [-0.15, -0.1) is 0 Å². The third-order valence-electron chi connectivity index (χ3n) is 2.72. The van der Waals surface area contributed by atoms with E-state index in [4.69, 9.17) is 9.52 Å². The lowest BCUT2D eigenvalue weighted by atomic mass is 10.2. The van der Waals surface area contributed by atoms with E-state index in [0.29, 0.717) is 5.39 Å². The van der Waals surface area contributed by atoms with Crippen LogP contribution in [0.15, 0.2) is 39.5 Å². The number of aliphatic hydroxyl groups is 1. The number of nitrogens with one attached hydrogen (secondary N) is 1. The maximum Gasteiger partial charge on any atom is 0.416 e. The number of alkyl halides is 3. The van der Waals surface area contributed by atoms with E-state index in [-0.39, 0.29) is 5.58 Å². The van der Waals surface area contributed by atoms with Crippen molar-refractivity contribution in [2.45, 2.75) is 12.3 Å². The summed E-state index contributed by atoms with van der Waals surface area (Å²) >= 11 is 0. The van der Waals surface area contributed by atoms with Gasteiger partial charge in [-0.2, -0.15) is 13.2 Å². The quantitative estimate of drug-likeness (QED) is 0.841. The number of hydrogen-bond donors (Lipinski definition) is 2. The highest BCUT2D eigenvalue weighted by atomic mass is 19.4. The van der Waals surface area contributed by atoms with Crippen LogP contribution in [0, 0.1) is 0 Å². The van der Waals surface area contributed by atoms with Gasteiger partial charge in [-0.25, -0.2) is 4.79 Å². The maximum absolute atomic E-state index is 12.1. The summed E-state index contributed by atoms with van der Waals surface area (Å²) in [6.07, 6.45) is -7.55. The third kappa shape index (κ3) is 3.40. The summed E-state index contributed by atoms with van der Waals surface area (Å²) in [5, 5.41) is 11.1. The van der Waals surface area contributed by atoms with Crippen molar-refractivity contribution in [3.8, 4) is 0 Å². The highest BCUT2D eigenvalue weighted by molar-refractivity contribution is 5.96. The van der Waals surface area contributed by atoms with E-state index in [0.717, 1.165) is 0 Å². The van der Waals surface area contributed by atoms with E-state index in [1.807, 2.05) is 5.32 Å². The molecule has 0 radical (unpaired) electrons. The van der Waals surface area contributed by atoms with Gasteiger partial charge in [0.2, 0.25) is 0 Å². The Morgan fingerprint density at radius 2 is 2.00 bits per heavy atom. The molecule has 1 unspecified atom stereocenters. The first-order valence-electron chi connectivity index (χ1n) is 5.85. The van der Waals surface area contributed by atoms with Gasteiger partial charge in [-0.1, -0.05) is 18.2 Å². The fourth-order valence-corrected chi connectivity index (χ4v) is 1.62. The van der Waals surface area contributed by atoms with E-state index < -0.39 is 35.9 Å². The van der Waals surface area contributed by atoms with Gasteiger partial charge in [0.15, 0.2) is 6.10 Å². The van der Waals surface area contributed by atoms with Gasteiger partial charge in [0, 0.05) is 5.39 Å². The molecule has 0 aliphatic heterocycles. The number of benzene rings is 1. The average Bonchev–Trinajstić information content (AvgIpc) is 2.42. The molecule has 0 bridgehead atoms. The number of fused-ring (bicyclic) bond motifs is 1. The summed E-state index contributed by atoms with van der Waals surface area (Å²) in [6.45, 7) is -1.05. The first-order chi connectivity index (χ1) is 9.79. The van der Waals surface area contributed by atoms with Crippen LogP contribution in [0.2, 0.25) is 0 Å². The van der Waals surface area contributed by atoms with E-state index in [1.54, 1.807) is 18.2 Å². The van der Waals surface area contributed by atoms with Gasteiger partial charge in [0.05, 0.1) is 6.54 Å². The minimum atomic E-state index is -4.85. The standard InChI is InChI=1S/C13H10F3NO4/c14-13(15,16)10(18)6-17-11(19)8-5-7-3-1-2-4-9(7)21-12(8)20/h1-5,10,18H,6H2,(H,17,19). The Balaban J connectivity index is 2.20. The second-order valence-electron chi connectivity index (χ2n) is 4.25. The fraction of sp³-hybridized carbons (Fsp3) is 0.231. The van der Waals surface area contributed by atoms with E-state index in [2.05, 4.69) is 0 Å². The molecule has 0 saturated heterocycles. The van der Waals surface area contributed by atoms with Gasteiger partial charge < -0.3 is 14.8 Å². The van der Waals surface area contributed by atoms with Gasteiger partial charge in [0.25, 0.3) is 5.91 Å². The molecule has 2 aromatic rings. The molecular formula is C13H10F3NO4. The van der Waals surface area contributed by atoms with E-state index >= 15 is 0 Å². The summed E-state index contributed by atoms with van der Waals surface area (Å²) in [4.78, 5) is 23.3. The highest BCUT2D eigenvalue weighted by Gasteiger charge is 2.38. The molecule has 1 amide bonds. The summed E-state index contributed by atoms with van der Waals surface area (Å²) < 4.78 is 41.2. The highest BCUT2D eigenvalue weighted by Crippen LogP contribution is 2.19. The van der Waals surface area contributed by atoms with Crippen LogP contribution in [0.25, 0.3) is 11.0 Å². The lowest BCUT2D eigenvalue weighted by Crippen LogP contribution is -2.41. The van der Waals surface area contributed by atoms with Crippen molar-refractivity contribution in [3.63, 3.8) is 0 Å². The smallest absolute Gasteiger partial charge is 0.416 e. The van der Waals surface area contributed by atoms with Crippen LogP contribution >= 0.6 is 0 Å². The first-order valence-corrected chi connectivity index (χ1v) is 5.85. The Kier molecular flexibility index (Phi) is 3.99. The second-order valence-corrected chi connectivity index (χ2v) is 4.25. The fourth-order valence-electron chi connectivity index (χ4n) is 1.62. The molecule has 0 spiro atoms. The molecule has 0 saturated carbocycles. The number of halogens is 3. The summed E-state index contributed by atoms with van der Waals surface area (Å²) in [5.74, 6) is -1.04. The van der Waals surface area contributed by atoms with Gasteiger partial charge >= 0.3 is 11.8 Å². The van der Waals surface area contributed by atoms with Crippen molar-refractivity contribution in [1.82, 2.24) is 5.32 Å². The topological polar surface area (TPSA) is 79.5 Å². The van der Waals surface area contributed by atoms with Crippen molar-refractivity contribution < 1.29 is 27.5 Å². The predicted octanol–water partition coefficient (Wildman–Crippen LogP) is 1.45. The third-order valence-corrected chi connectivity index (χ3v) is 2.72. The van der Waals surface area contributed by atoms with Crippen molar-refractivity contribution in [2.75, 3.05) is 6.54 Å². The lowest BCUT2D eigenvalue weighted by Gasteiger charge is -2.14. The second kappa shape index (κ2) is 5.57. The molecule has 0 aliphatic rings. The number of aliphatic hydroxyl groups excluding tert-OH is 1. The van der Waals surface area contributed by atoms with E-state index in [1.165, 1.54) is 12.1 Å². The Labute approximate surface area is 116 Å². The largest absolute Gasteiger partial charge is 0.422 e. The number of rotatable bonds is 3. The SMILES string of the molecule is O=C(NCC(O)C(F)(F)F)c1cc2ccccc2oc1=O. The molecule has 1 atom stereocenters. The molecule has 0 fully saturated rings. The number of amides is 1. The zero-order chi connectivity index (χ0) is 15.6. The van der Waals surface area contributed by atoms with Gasteiger partial charge in [-0.05, 0) is 12.1 Å². The minimum absolute atomic E-state index is 0.259. The average molecular weight is 301 g/mol. The summed E-state index contributed by atoms with van der Waals surface area (Å²) in [7, 11) is 0. The van der Waals surface area contributed by atoms with Crippen LogP contribution in [0.3, 0.4) is 0 Å². The van der Waals surface area contributed by atoms with Gasteiger partial charge in [-0.3, -0.25) is 4.79 Å². The van der Waals surface area contributed by atoms with Crippen LogP contribution in [-0.4, -0.2) is 29.8 Å². The van der Waals surface area contributed by atoms with E-state index in [9.17, 15) is 22.8 Å². The van der Waals surface area contributed by atoms with Crippen LogP contribution in [0.5, 0.6) is 0 Å². The maximum atomic E-state index is 12.1. The van der Waals surface area contributed by atoms with Crippen molar-refractivity contribution in [3.05, 3.63) is 46.3 Å². The molecule has 2 N–H and O–H groups in total. The molecule has 5 nitrogen and oxygen atoms in total. The monoisotopic (exact) mass is 301 g/mol. The molecule has 0 aliphatic carbocycles. The zero-order valence-electron chi connectivity index (χ0n) is 10.5. The molecule has 1 heterocycles. The lowest BCUT2D eigenvalue weighted by molar-refractivity contribution is -0.201. The Bertz CT molecular complexity index is 723. The Morgan fingerprint density at radius 3 is 2.67 bits per heavy atom. The van der Waals surface area contributed by atoms with Crippen molar-refractivity contribution >= 4 is 16.9 Å². The normalized spacial score (nSPS) is 13.1.